The largest absolute Gasteiger partial charge is 0.312 e. The molecule has 0 aliphatic heterocycles. The van der Waals surface area contributed by atoms with Gasteiger partial charge < -0.3 is 5.73 Å². The van der Waals surface area contributed by atoms with Gasteiger partial charge in [-0.3, -0.25) is 4.90 Å². The van der Waals surface area contributed by atoms with Crippen LogP contribution in [0.25, 0.3) is 0 Å². The number of rotatable bonds is 2. The summed E-state index contributed by atoms with van der Waals surface area (Å²) in [6.07, 6.45) is -0.0411. The average Bonchev–Trinajstić information content (AvgIpc) is 2.04. The smallest absolute Gasteiger partial charge is 0.0841 e. The lowest BCUT2D eigenvalue weighted by Gasteiger charge is -2.20. The average molecular weight is 229 g/mol. The van der Waals surface area contributed by atoms with Crippen LogP contribution in [0.15, 0.2) is 28.7 Å². The fourth-order valence-electron chi connectivity index (χ4n) is 0.993. The first kappa shape index (κ1) is 9.71. The summed E-state index contributed by atoms with van der Waals surface area (Å²) in [6.45, 7) is 0. The molecule has 1 atom stereocenters. The Balaban J connectivity index is 2.94. The third-order valence-corrected chi connectivity index (χ3v) is 2.50. The molecule has 0 aliphatic rings. The fraction of sp³-hybridized carbons (Fsp3) is 0.333. The van der Waals surface area contributed by atoms with E-state index in [1.165, 1.54) is 0 Å². The molecule has 1 unspecified atom stereocenters. The van der Waals surface area contributed by atoms with Crippen molar-refractivity contribution in [2.45, 2.75) is 6.17 Å². The molecule has 0 saturated heterocycles. The molecule has 0 radical (unpaired) electrons. The SMILES string of the molecule is CN(C)C(N)c1ccccc1Br. The first-order chi connectivity index (χ1) is 5.63. The molecule has 0 saturated carbocycles. The topological polar surface area (TPSA) is 29.3 Å². The van der Waals surface area contributed by atoms with E-state index < -0.39 is 0 Å². The van der Waals surface area contributed by atoms with Gasteiger partial charge in [-0.2, -0.15) is 0 Å². The second kappa shape index (κ2) is 4.03. The van der Waals surface area contributed by atoms with Gasteiger partial charge in [0, 0.05) is 4.47 Å². The lowest BCUT2D eigenvalue weighted by Crippen LogP contribution is -2.27. The highest BCUT2D eigenvalue weighted by Gasteiger charge is 2.09. The zero-order valence-corrected chi connectivity index (χ0v) is 8.88. The van der Waals surface area contributed by atoms with Gasteiger partial charge in [0.2, 0.25) is 0 Å². The van der Waals surface area contributed by atoms with Crippen LogP contribution in [-0.2, 0) is 0 Å². The number of hydrogen-bond acceptors (Lipinski definition) is 2. The predicted molar refractivity (Wildman–Crippen MR) is 54.8 cm³/mol. The van der Waals surface area contributed by atoms with Crippen LogP contribution in [0.1, 0.15) is 11.7 Å². The summed E-state index contributed by atoms with van der Waals surface area (Å²) in [5, 5.41) is 0. The Morgan fingerprint density at radius 2 is 1.92 bits per heavy atom. The van der Waals surface area contributed by atoms with Crippen LogP contribution < -0.4 is 5.73 Å². The van der Waals surface area contributed by atoms with E-state index in [0.717, 1.165) is 10.0 Å². The predicted octanol–water partition coefficient (Wildman–Crippen LogP) is 1.97. The lowest BCUT2D eigenvalue weighted by molar-refractivity contribution is 0.306. The Kier molecular flexibility index (Phi) is 3.26. The van der Waals surface area contributed by atoms with Gasteiger partial charge in [-0.25, -0.2) is 0 Å². The minimum Gasteiger partial charge on any atom is -0.312 e. The summed E-state index contributed by atoms with van der Waals surface area (Å²) in [5.74, 6) is 0. The molecule has 1 aromatic carbocycles. The minimum absolute atomic E-state index is 0.0411. The van der Waals surface area contributed by atoms with Crippen molar-refractivity contribution in [3.8, 4) is 0 Å². The van der Waals surface area contributed by atoms with E-state index in [4.69, 9.17) is 5.73 Å². The van der Waals surface area contributed by atoms with Gasteiger partial charge in [0.25, 0.3) is 0 Å². The Labute approximate surface area is 81.5 Å². The second-order valence-corrected chi connectivity index (χ2v) is 3.78. The molecule has 2 nitrogen and oxygen atoms in total. The van der Waals surface area contributed by atoms with Crippen LogP contribution in [0.4, 0.5) is 0 Å². The number of nitrogens with two attached hydrogens (primary N) is 1. The van der Waals surface area contributed by atoms with Gasteiger partial charge in [0.15, 0.2) is 0 Å². The first-order valence-electron chi connectivity index (χ1n) is 3.79. The molecule has 0 fully saturated rings. The van der Waals surface area contributed by atoms with Crippen molar-refractivity contribution in [3.05, 3.63) is 34.3 Å². The zero-order chi connectivity index (χ0) is 9.14. The fourth-order valence-corrected chi connectivity index (χ4v) is 1.51. The summed E-state index contributed by atoms with van der Waals surface area (Å²) in [6, 6.07) is 7.99. The van der Waals surface area contributed by atoms with Gasteiger partial charge in [0.05, 0.1) is 6.17 Å². The van der Waals surface area contributed by atoms with E-state index in [-0.39, 0.29) is 6.17 Å². The molecule has 12 heavy (non-hydrogen) atoms. The summed E-state index contributed by atoms with van der Waals surface area (Å²) < 4.78 is 1.06. The van der Waals surface area contributed by atoms with Crippen LogP contribution in [0.2, 0.25) is 0 Å². The highest BCUT2D eigenvalue weighted by atomic mass is 79.9. The van der Waals surface area contributed by atoms with Gasteiger partial charge in [-0.05, 0) is 25.7 Å². The second-order valence-electron chi connectivity index (χ2n) is 2.93. The van der Waals surface area contributed by atoms with E-state index in [0.29, 0.717) is 0 Å². The van der Waals surface area contributed by atoms with Gasteiger partial charge >= 0.3 is 0 Å². The molecular weight excluding hydrogens is 216 g/mol. The quantitative estimate of drug-likeness (QED) is 0.785. The van der Waals surface area contributed by atoms with Crippen LogP contribution in [0.5, 0.6) is 0 Å². The monoisotopic (exact) mass is 228 g/mol. The third kappa shape index (κ3) is 2.06. The van der Waals surface area contributed by atoms with Crippen molar-refractivity contribution >= 4 is 15.9 Å². The summed E-state index contributed by atoms with van der Waals surface area (Å²) in [5.41, 5.74) is 7.05. The van der Waals surface area contributed by atoms with Crippen molar-refractivity contribution in [2.24, 2.45) is 5.73 Å². The van der Waals surface area contributed by atoms with E-state index >= 15 is 0 Å². The number of nitrogens with zero attached hydrogens (tertiary/aromatic N) is 1. The molecule has 2 N–H and O–H groups in total. The van der Waals surface area contributed by atoms with Crippen LogP contribution in [-0.4, -0.2) is 19.0 Å². The summed E-state index contributed by atoms with van der Waals surface area (Å²) in [7, 11) is 3.92. The van der Waals surface area contributed by atoms with Crippen molar-refractivity contribution in [1.29, 1.82) is 0 Å². The maximum Gasteiger partial charge on any atom is 0.0841 e. The molecule has 1 aromatic rings. The van der Waals surface area contributed by atoms with E-state index in [2.05, 4.69) is 15.9 Å². The van der Waals surface area contributed by atoms with E-state index in [9.17, 15) is 0 Å². The molecule has 1 rings (SSSR count). The lowest BCUT2D eigenvalue weighted by atomic mass is 10.2. The first-order valence-corrected chi connectivity index (χ1v) is 4.58. The van der Waals surface area contributed by atoms with Gasteiger partial charge in [0.1, 0.15) is 0 Å². The number of benzene rings is 1. The maximum absolute atomic E-state index is 5.93. The molecule has 0 spiro atoms. The minimum atomic E-state index is -0.0411. The summed E-state index contributed by atoms with van der Waals surface area (Å²) in [4.78, 5) is 1.97. The highest BCUT2D eigenvalue weighted by molar-refractivity contribution is 9.10. The van der Waals surface area contributed by atoms with Crippen molar-refractivity contribution in [3.63, 3.8) is 0 Å². The molecular formula is C9H13BrN2. The van der Waals surface area contributed by atoms with Crippen molar-refractivity contribution in [2.75, 3.05) is 14.1 Å². The number of halogens is 1. The molecule has 0 bridgehead atoms. The van der Waals surface area contributed by atoms with Crippen molar-refractivity contribution in [1.82, 2.24) is 4.90 Å². The molecule has 66 valence electrons. The zero-order valence-electron chi connectivity index (χ0n) is 7.29. The highest BCUT2D eigenvalue weighted by Crippen LogP contribution is 2.22. The normalized spacial score (nSPS) is 13.4. The molecule has 3 heteroatoms. The van der Waals surface area contributed by atoms with Crippen LogP contribution in [0.3, 0.4) is 0 Å². The maximum atomic E-state index is 5.93. The Hall–Kier alpha value is -0.380. The molecule has 0 amide bonds. The van der Waals surface area contributed by atoms with Gasteiger partial charge in [-0.1, -0.05) is 34.1 Å². The Morgan fingerprint density at radius 1 is 1.33 bits per heavy atom. The Morgan fingerprint density at radius 3 is 2.42 bits per heavy atom. The van der Waals surface area contributed by atoms with E-state index in [1.54, 1.807) is 0 Å². The van der Waals surface area contributed by atoms with Crippen LogP contribution >= 0.6 is 15.9 Å². The third-order valence-electron chi connectivity index (χ3n) is 1.78. The van der Waals surface area contributed by atoms with Crippen LogP contribution in [0, 0.1) is 0 Å². The molecule has 0 aromatic heterocycles. The molecule has 0 aliphatic carbocycles. The summed E-state index contributed by atoms with van der Waals surface area (Å²) >= 11 is 3.46. The Bertz CT molecular complexity index is 260. The van der Waals surface area contributed by atoms with Crippen molar-refractivity contribution < 1.29 is 0 Å². The molecule has 0 heterocycles. The number of hydrogen-bond donors (Lipinski definition) is 1. The van der Waals surface area contributed by atoms with E-state index in [1.807, 2.05) is 43.3 Å². The standard InChI is InChI=1S/C9H13BrN2/c1-12(2)9(11)7-5-3-4-6-8(7)10/h3-6,9H,11H2,1-2H3. The van der Waals surface area contributed by atoms with Gasteiger partial charge in [-0.15, -0.1) is 0 Å².